The van der Waals surface area contributed by atoms with Gasteiger partial charge in [-0.2, -0.15) is 0 Å². The van der Waals surface area contributed by atoms with E-state index in [1.165, 1.54) is 22.4 Å². The SMILES string of the molecule is Cc1ncc(C(=O)Nc2ccc(C(=O)N3CC(=O)Nc4ccccc43)cc2)s1. The number of carbonyl (C=O) groups is 3. The highest BCUT2D eigenvalue weighted by Crippen LogP contribution is 2.30. The van der Waals surface area contributed by atoms with Gasteiger partial charge in [-0.15, -0.1) is 11.3 Å². The Morgan fingerprint density at radius 3 is 2.61 bits per heavy atom. The van der Waals surface area contributed by atoms with Crippen LogP contribution in [-0.2, 0) is 4.79 Å². The van der Waals surface area contributed by atoms with Gasteiger partial charge in [0, 0.05) is 11.3 Å². The van der Waals surface area contributed by atoms with E-state index in [1.807, 2.05) is 13.0 Å². The van der Waals surface area contributed by atoms with Crippen LogP contribution in [0.4, 0.5) is 17.1 Å². The lowest BCUT2D eigenvalue weighted by Gasteiger charge is -2.29. The summed E-state index contributed by atoms with van der Waals surface area (Å²) in [6.07, 6.45) is 1.53. The third-order valence-electron chi connectivity index (χ3n) is 4.25. The average Bonchev–Trinajstić information content (AvgIpc) is 3.14. The standard InChI is InChI=1S/C20H16N4O3S/c1-12-21-10-17(28-12)19(26)22-14-8-6-13(7-9-14)20(27)24-11-18(25)23-15-4-2-3-5-16(15)24/h2-10H,11H2,1H3,(H,22,26)(H,23,25). The number of anilines is 3. The summed E-state index contributed by atoms with van der Waals surface area (Å²) in [5.74, 6) is -0.764. The van der Waals surface area contributed by atoms with Crippen LogP contribution in [0.2, 0.25) is 0 Å². The maximum absolute atomic E-state index is 12.9. The van der Waals surface area contributed by atoms with Gasteiger partial charge in [0.25, 0.3) is 11.8 Å². The van der Waals surface area contributed by atoms with Gasteiger partial charge in [-0.25, -0.2) is 4.98 Å². The molecule has 2 N–H and O–H groups in total. The van der Waals surface area contributed by atoms with E-state index in [2.05, 4.69) is 15.6 Å². The van der Waals surface area contributed by atoms with Crippen molar-refractivity contribution in [2.75, 3.05) is 22.1 Å². The number of amides is 3. The number of aryl methyl sites for hydroxylation is 1. The summed E-state index contributed by atoms with van der Waals surface area (Å²) < 4.78 is 0. The number of thiazole rings is 1. The van der Waals surface area contributed by atoms with Crippen molar-refractivity contribution < 1.29 is 14.4 Å². The van der Waals surface area contributed by atoms with Crippen molar-refractivity contribution in [2.24, 2.45) is 0 Å². The normalized spacial score (nSPS) is 12.9. The summed E-state index contributed by atoms with van der Waals surface area (Å²) in [4.78, 5) is 43.1. The van der Waals surface area contributed by atoms with Crippen LogP contribution >= 0.6 is 11.3 Å². The second kappa shape index (κ2) is 7.24. The summed E-state index contributed by atoms with van der Waals surface area (Å²) >= 11 is 1.31. The molecule has 4 rings (SSSR count). The Hall–Kier alpha value is -3.52. The van der Waals surface area contributed by atoms with Gasteiger partial charge in [0.15, 0.2) is 0 Å². The number of carbonyl (C=O) groups excluding carboxylic acids is 3. The zero-order chi connectivity index (χ0) is 19.7. The Balaban J connectivity index is 1.52. The van der Waals surface area contributed by atoms with E-state index >= 15 is 0 Å². The Morgan fingerprint density at radius 1 is 1.14 bits per heavy atom. The number of benzene rings is 2. The molecule has 140 valence electrons. The van der Waals surface area contributed by atoms with E-state index in [0.29, 0.717) is 27.5 Å². The predicted molar refractivity (Wildman–Crippen MR) is 108 cm³/mol. The van der Waals surface area contributed by atoms with Gasteiger partial charge in [-0.3, -0.25) is 19.3 Å². The second-order valence-corrected chi connectivity index (χ2v) is 7.47. The number of aromatic nitrogens is 1. The highest BCUT2D eigenvalue weighted by molar-refractivity contribution is 7.13. The van der Waals surface area contributed by atoms with E-state index in [1.54, 1.807) is 42.5 Å². The predicted octanol–water partition coefficient (Wildman–Crippen LogP) is 3.30. The molecule has 0 bridgehead atoms. The molecule has 0 saturated heterocycles. The van der Waals surface area contributed by atoms with Gasteiger partial charge in [-0.05, 0) is 43.3 Å². The van der Waals surface area contributed by atoms with Gasteiger partial charge in [0.05, 0.1) is 22.6 Å². The van der Waals surface area contributed by atoms with Crippen LogP contribution in [0.15, 0.2) is 54.7 Å². The number of para-hydroxylation sites is 2. The minimum atomic E-state index is -0.279. The van der Waals surface area contributed by atoms with Crippen LogP contribution < -0.4 is 15.5 Å². The molecule has 28 heavy (non-hydrogen) atoms. The molecule has 3 amide bonds. The first kappa shape index (κ1) is 17.9. The molecule has 2 heterocycles. The summed E-state index contributed by atoms with van der Waals surface area (Å²) in [6, 6.07) is 13.7. The Bertz CT molecular complexity index is 1080. The van der Waals surface area contributed by atoms with Crippen LogP contribution in [-0.4, -0.2) is 29.3 Å². The van der Waals surface area contributed by atoms with E-state index in [4.69, 9.17) is 0 Å². The third-order valence-corrected chi connectivity index (χ3v) is 5.16. The monoisotopic (exact) mass is 392 g/mol. The molecule has 0 atom stereocenters. The fraction of sp³-hybridized carbons (Fsp3) is 0.100. The molecule has 0 saturated carbocycles. The number of nitrogens with zero attached hydrogens (tertiary/aromatic N) is 2. The number of hydrogen-bond donors (Lipinski definition) is 2. The number of hydrogen-bond acceptors (Lipinski definition) is 5. The van der Waals surface area contributed by atoms with Crippen molar-refractivity contribution in [3.05, 3.63) is 70.2 Å². The maximum Gasteiger partial charge on any atom is 0.267 e. The molecule has 0 radical (unpaired) electrons. The first-order valence-corrected chi connectivity index (χ1v) is 9.37. The van der Waals surface area contributed by atoms with Gasteiger partial charge in [0.2, 0.25) is 5.91 Å². The van der Waals surface area contributed by atoms with Crippen molar-refractivity contribution in [2.45, 2.75) is 6.92 Å². The zero-order valence-corrected chi connectivity index (χ0v) is 15.7. The smallest absolute Gasteiger partial charge is 0.267 e. The summed E-state index contributed by atoms with van der Waals surface area (Å²) in [5.41, 5.74) is 2.27. The molecule has 8 heteroatoms. The zero-order valence-electron chi connectivity index (χ0n) is 14.9. The Morgan fingerprint density at radius 2 is 1.89 bits per heavy atom. The van der Waals surface area contributed by atoms with Crippen LogP contribution in [0.5, 0.6) is 0 Å². The lowest BCUT2D eigenvalue weighted by molar-refractivity contribution is -0.115. The number of nitrogens with one attached hydrogen (secondary N) is 2. The third kappa shape index (κ3) is 3.49. The van der Waals surface area contributed by atoms with Gasteiger partial charge in [0.1, 0.15) is 11.4 Å². The largest absolute Gasteiger partial charge is 0.323 e. The molecule has 0 spiro atoms. The van der Waals surface area contributed by atoms with Crippen molar-refractivity contribution in [1.29, 1.82) is 0 Å². The minimum Gasteiger partial charge on any atom is -0.323 e. The fourth-order valence-electron chi connectivity index (χ4n) is 2.93. The topological polar surface area (TPSA) is 91.4 Å². The highest BCUT2D eigenvalue weighted by Gasteiger charge is 2.27. The van der Waals surface area contributed by atoms with E-state index in [-0.39, 0.29) is 24.3 Å². The average molecular weight is 392 g/mol. The summed E-state index contributed by atoms with van der Waals surface area (Å²) in [6.45, 7) is 1.79. The summed E-state index contributed by atoms with van der Waals surface area (Å²) in [7, 11) is 0. The Labute approximate surface area is 165 Å². The molecule has 0 unspecified atom stereocenters. The van der Waals surface area contributed by atoms with Gasteiger partial charge < -0.3 is 10.6 Å². The van der Waals surface area contributed by atoms with Crippen molar-refractivity contribution in [1.82, 2.24) is 4.98 Å². The number of rotatable bonds is 3. The molecule has 0 aliphatic carbocycles. The molecule has 2 aromatic carbocycles. The van der Waals surface area contributed by atoms with Crippen molar-refractivity contribution in [3.63, 3.8) is 0 Å². The molecule has 3 aromatic rings. The first-order chi connectivity index (χ1) is 13.5. The lowest BCUT2D eigenvalue weighted by Crippen LogP contribution is -2.42. The molecule has 1 aromatic heterocycles. The van der Waals surface area contributed by atoms with Crippen LogP contribution in [0.1, 0.15) is 25.0 Å². The van der Waals surface area contributed by atoms with Crippen LogP contribution in [0, 0.1) is 6.92 Å². The quantitative estimate of drug-likeness (QED) is 0.715. The Kier molecular flexibility index (Phi) is 4.62. The lowest BCUT2D eigenvalue weighted by atomic mass is 10.1. The molecule has 0 fully saturated rings. The van der Waals surface area contributed by atoms with E-state index < -0.39 is 0 Å². The molecular weight excluding hydrogens is 376 g/mol. The maximum atomic E-state index is 12.9. The number of fused-ring (bicyclic) bond motifs is 1. The minimum absolute atomic E-state index is 0.0426. The molecular formula is C20H16N4O3S. The van der Waals surface area contributed by atoms with E-state index in [0.717, 1.165) is 5.01 Å². The molecule has 7 nitrogen and oxygen atoms in total. The van der Waals surface area contributed by atoms with Crippen LogP contribution in [0.3, 0.4) is 0 Å². The second-order valence-electron chi connectivity index (χ2n) is 6.23. The highest BCUT2D eigenvalue weighted by atomic mass is 32.1. The van der Waals surface area contributed by atoms with Gasteiger partial charge >= 0.3 is 0 Å². The van der Waals surface area contributed by atoms with Gasteiger partial charge in [-0.1, -0.05) is 12.1 Å². The summed E-state index contributed by atoms with van der Waals surface area (Å²) in [5, 5.41) is 6.36. The van der Waals surface area contributed by atoms with Crippen LogP contribution in [0.25, 0.3) is 0 Å². The fourth-order valence-corrected chi connectivity index (χ4v) is 3.60. The molecule has 1 aliphatic rings. The first-order valence-electron chi connectivity index (χ1n) is 8.56. The van der Waals surface area contributed by atoms with E-state index in [9.17, 15) is 14.4 Å². The molecule has 1 aliphatic heterocycles. The van der Waals surface area contributed by atoms with Crippen molar-refractivity contribution >= 4 is 46.1 Å². The van der Waals surface area contributed by atoms with Crippen molar-refractivity contribution in [3.8, 4) is 0 Å².